The number of nitrogens with zero attached hydrogens (tertiary/aromatic N) is 10. The number of thioether (sulfide) groups is 1. The molecule has 0 amide bonds. The van der Waals surface area contributed by atoms with Crippen molar-refractivity contribution in [3.8, 4) is 11.7 Å². The monoisotopic (exact) mass is 648 g/mol. The number of alkyl halides is 2. The molecule has 0 aliphatic carbocycles. The van der Waals surface area contributed by atoms with E-state index in [-0.39, 0.29) is 5.95 Å². The zero-order valence-electron chi connectivity index (χ0n) is 25.1. The summed E-state index contributed by atoms with van der Waals surface area (Å²) in [5.74, 6) is 1.89. The number of halogens is 2. The summed E-state index contributed by atoms with van der Waals surface area (Å²) in [6, 6.07) is 5.15. The average Bonchev–Trinajstić information content (AvgIpc) is 3.46. The van der Waals surface area contributed by atoms with Crippen molar-refractivity contribution in [2.24, 2.45) is 0 Å². The molecule has 0 N–H and O–H groups in total. The van der Waals surface area contributed by atoms with Crippen molar-refractivity contribution in [3.63, 3.8) is 0 Å². The van der Waals surface area contributed by atoms with Gasteiger partial charge >= 0.3 is 0 Å². The Morgan fingerprint density at radius 2 is 1.57 bits per heavy atom. The number of methoxy groups -OCH3 is 1. The molecule has 0 unspecified atom stereocenters. The maximum absolute atomic E-state index is 14.4. The van der Waals surface area contributed by atoms with Crippen LogP contribution in [0.5, 0.6) is 5.75 Å². The molecule has 3 fully saturated rings. The lowest BCUT2D eigenvalue weighted by Gasteiger charge is -2.36. The number of anilines is 2. The fourth-order valence-corrected chi connectivity index (χ4v) is 6.94. The SMILES string of the molecule is COc1cccc2c1nc(C(F)F)n2-c1nc(N2CCOCC2)nc(N2CCN(C(=S)SCCN3CCN(C)CC3)CC2)n1. The Morgan fingerprint density at radius 3 is 2.23 bits per heavy atom. The van der Waals surface area contributed by atoms with E-state index in [4.69, 9.17) is 36.6 Å². The predicted octanol–water partition coefficient (Wildman–Crippen LogP) is 2.38. The third kappa shape index (κ3) is 6.83. The first-order valence-electron chi connectivity index (χ1n) is 14.9. The number of thiocarbonyl (C=S) groups is 1. The van der Waals surface area contributed by atoms with Gasteiger partial charge in [-0.3, -0.25) is 9.47 Å². The fraction of sp³-hybridized carbons (Fsp3) is 0.607. The summed E-state index contributed by atoms with van der Waals surface area (Å²) in [5.41, 5.74) is 0.765. The van der Waals surface area contributed by atoms with Crippen LogP contribution in [-0.4, -0.2) is 149 Å². The number of likely N-dealkylation sites (N-methyl/N-ethyl adjacent to an activating group) is 1. The summed E-state index contributed by atoms with van der Waals surface area (Å²) in [4.78, 5) is 29.7. The highest BCUT2D eigenvalue weighted by Crippen LogP contribution is 2.32. The molecule has 2 aromatic heterocycles. The third-order valence-corrected chi connectivity index (χ3v) is 9.74. The second-order valence-corrected chi connectivity index (χ2v) is 12.7. The summed E-state index contributed by atoms with van der Waals surface area (Å²) in [7, 11) is 3.66. The van der Waals surface area contributed by atoms with Gasteiger partial charge in [0.15, 0.2) is 5.82 Å². The van der Waals surface area contributed by atoms with E-state index in [1.54, 1.807) is 30.0 Å². The Kier molecular flexibility index (Phi) is 9.90. The first-order valence-corrected chi connectivity index (χ1v) is 16.3. The Hall–Kier alpha value is -2.92. The molecule has 1 aromatic carbocycles. The van der Waals surface area contributed by atoms with Crippen LogP contribution < -0.4 is 14.5 Å². The summed E-state index contributed by atoms with van der Waals surface area (Å²) >= 11 is 7.53. The van der Waals surface area contributed by atoms with E-state index in [0.717, 1.165) is 55.9 Å². The van der Waals surface area contributed by atoms with Crippen molar-refractivity contribution in [1.29, 1.82) is 0 Å². The number of hydrogen-bond acceptors (Lipinski definition) is 12. The molecule has 44 heavy (non-hydrogen) atoms. The molecule has 0 bridgehead atoms. The number of ether oxygens (including phenoxy) is 2. The highest BCUT2D eigenvalue weighted by atomic mass is 32.2. The van der Waals surface area contributed by atoms with E-state index in [1.165, 1.54) is 11.7 Å². The number of morpholine rings is 1. The van der Waals surface area contributed by atoms with Crippen molar-refractivity contribution >= 4 is 51.2 Å². The van der Waals surface area contributed by atoms with Crippen LogP contribution in [0.4, 0.5) is 20.7 Å². The van der Waals surface area contributed by atoms with Gasteiger partial charge in [0.25, 0.3) is 6.43 Å². The standard InChI is InChI=1S/C28H38F2N10O2S2/c1-35-6-8-36(9-7-35)16-19-44-28(43)39-12-10-37(11-13-39)25-32-26(38-14-17-42-18-15-38)34-27(33-25)40-20-4-3-5-21(41-2)22(20)31-24(40)23(29)30/h3-5,23H,6-19H2,1-2H3. The van der Waals surface area contributed by atoms with Gasteiger partial charge in [-0.1, -0.05) is 30.0 Å². The van der Waals surface area contributed by atoms with Crippen molar-refractivity contribution in [2.75, 3.05) is 115 Å². The molecule has 3 aliphatic rings. The van der Waals surface area contributed by atoms with Gasteiger partial charge in [-0.25, -0.2) is 13.8 Å². The molecule has 0 radical (unpaired) electrons. The highest BCUT2D eigenvalue weighted by Gasteiger charge is 2.28. The molecule has 5 heterocycles. The van der Waals surface area contributed by atoms with Crippen molar-refractivity contribution < 1.29 is 18.3 Å². The number of piperazine rings is 2. The minimum Gasteiger partial charge on any atom is -0.494 e. The molecule has 3 aliphatic heterocycles. The van der Waals surface area contributed by atoms with E-state index in [2.05, 4.69) is 31.6 Å². The lowest BCUT2D eigenvalue weighted by atomic mass is 10.3. The molecule has 0 spiro atoms. The smallest absolute Gasteiger partial charge is 0.296 e. The normalized spacial score (nSPS) is 18.9. The van der Waals surface area contributed by atoms with Crippen LogP contribution >= 0.6 is 24.0 Å². The largest absolute Gasteiger partial charge is 0.494 e. The Labute approximate surface area is 265 Å². The second kappa shape index (κ2) is 14.0. The zero-order valence-corrected chi connectivity index (χ0v) is 26.7. The number of benzene rings is 1. The zero-order chi connectivity index (χ0) is 30.6. The van der Waals surface area contributed by atoms with E-state index >= 15 is 0 Å². The first-order chi connectivity index (χ1) is 21.4. The topological polar surface area (TPSA) is 91.1 Å². The second-order valence-electron chi connectivity index (χ2n) is 11.0. The van der Waals surface area contributed by atoms with Crippen LogP contribution in [0.25, 0.3) is 17.0 Å². The Balaban J connectivity index is 1.21. The quantitative estimate of drug-likeness (QED) is 0.335. The molecule has 0 saturated carbocycles. The van der Waals surface area contributed by atoms with Crippen LogP contribution in [-0.2, 0) is 4.74 Å². The number of hydrogen-bond donors (Lipinski definition) is 0. The van der Waals surface area contributed by atoms with Gasteiger partial charge in [-0.2, -0.15) is 15.0 Å². The highest BCUT2D eigenvalue weighted by molar-refractivity contribution is 8.22. The number of rotatable bonds is 8. The van der Waals surface area contributed by atoms with Crippen molar-refractivity contribution in [2.45, 2.75) is 6.43 Å². The van der Waals surface area contributed by atoms with Crippen LogP contribution in [0.3, 0.4) is 0 Å². The maximum atomic E-state index is 14.4. The molecule has 16 heteroatoms. The van der Waals surface area contributed by atoms with Gasteiger partial charge in [-0.15, -0.1) is 0 Å². The average molecular weight is 649 g/mol. The molecule has 6 rings (SSSR count). The summed E-state index contributed by atoms with van der Waals surface area (Å²) in [5, 5.41) is 0. The summed E-state index contributed by atoms with van der Waals surface area (Å²) < 4.78 is 41.9. The predicted molar refractivity (Wildman–Crippen MR) is 172 cm³/mol. The molecule has 0 atom stereocenters. The lowest BCUT2D eigenvalue weighted by molar-refractivity contribution is 0.122. The van der Waals surface area contributed by atoms with Gasteiger partial charge in [0.05, 0.1) is 25.8 Å². The van der Waals surface area contributed by atoms with E-state index in [0.29, 0.717) is 68.1 Å². The fourth-order valence-electron chi connectivity index (χ4n) is 5.62. The Bertz CT molecular complexity index is 1440. The van der Waals surface area contributed by atoms with Crippen LogP contribution in [0.1, 0.15) is 12.2 Å². The summed E-state index contributed by atoms with van der Waals surface area (Å²) in [6.45, 7) is 10.4. The number of imidazole rings is 1. The van der Waals surface area contributed by atoms with Gasteiger partial charge in [0, 0.05) is 77.7 Å². The minimum atomic E-state index is -2.85. The van der Waals surface area contributed by atoms with Crippen molar-refractivity contribution in [3.05, 3.63) is 24.0 Å². The maximum Gasteiger partial charge on any atom is 0.296 e. The van der Waals surface area contributed by atoms with Gasteiger partial charge < -0.3 is 29.1 Å². The molecular formula is C28H38F2N10O2S2. The first kappa shape index (κ1) is 31.1. The molecule has 3 saturated heterocycles. The van der Waals surface area contributed by atoms with Crippen LogP contribution in [0, 0.1) is 0 Å². The third-order valence-electron chi connectivity index (χ3n) is 8.23. The number of aromatic nitrogens is 5. The summed E-state index contributed by atoms with van der Waals surface area (Å²) in [6.07, 6.45) is -2.85. The number of para-hydroxylation sites is 1. The van der Waals surface area contributed by atoms with Crippen molar-refractivity contribution in [1.82, 2.24) is 39.2 Å². The molecule has 3 aromatic rings. The molecule has 238 valence electrons. The van der Waals surface area contributed by atoms with Gasteiger partial charge in [0.1, 0.15) is 15.6 Å². The molecular weight excluding hydrogens is 611 g/mol. The van der Waals surface area contributed by atoms with E-state index < -0.39 is 12.2 Å². The number of fused-ring (bicyclic) bond motifs is 1. The van der Waals surface area contributed by atoms with Crippen LogP contribution in [0.2, 0.25) is 0 Å². The van der Waals surface area contributed by atoms with E-state index in [9.17, 15) is 8.78 Å². The molecule has 12 nitrogen and oxygen atoms in total. The van der Waals surface area contributed by atoms with Gasteiger partial charge in [-0.05, 0) is 19.2 Å². The van der Waals surface area contributed by atoms with E-state index in [1.807, 2.05) is 4.90 Å². The van der Waals surface area contributed by atoms with Gasteiger partial charge in [0.2, 0.25) is 17.8 Å². The Morgan fingerprint density at radius 1 is 0.909 bits per heavy atom. The minimum absolute atomic E-state index is 0.0972. The van der Waals surface area contributed by atoms with Crippen LogP contribution in [0.15, 0.2) is 18.2 Å². The lowest BCUT2D eigenvalue weighted by Crippen LogP contribution is -2.49.